The molecule has 0 atom stereocenters. The predicted molar refractivity (Wildman–Crippen MR) is 82.6 cm³/mol. The van der Waals surface area contributed by atoms with Gasteiger partial charge in [0.15, 0.2) is 0 Å². The molecule has 4 N–H and O–H groups in total. The van der Waals surface area contributed by atoms with E-state index in [0.717, 1.165) is 5.69 Å². The lowest BCUT2D eigenvalue weighted by Crippen LogP contribution is -2.13. The minimum absolute atomic E-state index is 0.117. The van der Waals surface area contributed by atoms with Crippen LogP contribution in [0.4, 0.5) is 17.6 Å². The SMILES string of the molecule is COc1nc(NN)nc(Nc2ccc(C(C)(C)C)cc2)n1. The number of nitrogen functional groups attached to an aromatic ring is 1. The third-order valence-electron chi connectivity index (χ3n) is 2.93. The summed E-state index contributed by atoms with van der Waals surface area (Å²) in [7, 11) is 1.48. The van der Waals surface area contributed by atoms with Crippen molar-refractivity contribution in [3.8, 4) is 6.01 Å². The van der Waals surface area contributed by atoms with E-state index in [1.165, 1.54) is 12.7 Å². The minimum atomic E-state index is 0.117. The monoisotopic (exact) mass is 288 g/mol. The summed E-state index contributed by atoms with van der Waals surface area (Å²) in [5, 5.41) is 3.09. The van der Waals surface area contributed by atoms with Crippen LogP contribution >= 0.6 is 0 Å². The second kappa shape index (κ2) is 5.92. The molecule has 0 aliphatic rings. The fourth-order valence-electron chi connectivity index (χ4n) is 1.75. The lowest BCUT2D eigenvalue weighted by molar-refractivity contribution is 0.379. The fourth-order valence-corrected chi connectivity index (χ4v) is 1.75. The van der Waals surface area contributed by atoms with E-state index < -0.39 is 0 Å². The van der Waals surface area contributed by atoms with E-state index >= 15 is 0 Å². The highest BCUT2D eigenvalue weighted by Crippen LogP contribution is 2.24. The summed E-state index contributed by atoms with van der Waals surface area (Å²) in [4.78, 5) is 12.2. The number of nitrogens with two attached hydrogens (primary N) is 1. The summed E-state index contributed by atoms with van der Waals surface area (Å²) in [6.07, 6.45) is 0. The van der Waals surface area contributed by atoms with E-state index in [0.29, 0.717) is 5.95 Å². The molecular formula is C14H20N6O. The van der Waals surface area contributed by atoms with Crippen LogP contribution in [0.1, 0.15) is 26.3 Å². The van der Waals surface area contributed by atoms with Crippen molar-refractivity contribution in [2.24, 2.45) is 5.84 Å². The largest absolute Gasteiger partial charge is 0.467 e. The smallest absolute Gasteiger partial charge is 0.322 e. The third-order valence-corrected chi connectivity index (χ3v) is 2.93. The van der Waals surface area contributed by atoms with E-state index in [9.17, 15) is 0 Å². The van der Waals surface area contributed by atoms with E-state index in [2.05, 4.69) is 58.6 Å². The van der Waals surface area contributed by atoms with Crippen LogP contribution in [0.25, 0.3) is 0 Å². The van der Waals surface area contributed by atoms with Crippen molar-refractivity contribution < 1.29 is 4.74 Å². The van der Waals surface area contributed by atoms with Gasteiger partial charge in [-0.05, 0) is 23.1 Å². The summed E-state index contributed by atoms with van der Waals surface area (Å²) in [6, 6.07) is 8.29. The van der Waals surface area contributed by atoms with Gasteiger partial charge in [-0.25, -0.2) is 5.84 Å². The Hall–Kier alpha value is -2.41. The number of ether oxygens (including phenoxy) is 1. The van der Waals surface area contributed by atoms with Crippen LogP contribution in [-0.4, -0.2) is 22.1 Å². The standard InChI is InChI=1S/C14H20N6O/c1-14(2,3)9-5-7-10(8-6-9)16-11-17-12(20-15)19-13(18-11)21-4/h5-8H,15H2,1-4H3,(H2,16,17,18,19,20). The first kappa shape index (κ1) is 15.0. The summed E-state index contributed by atoms with van der Waals surface area (Å²) < 4.78 is 5.00. The summed E-state index contributed by atoms with van der Waals surface area (Å²) >= 11 is 0. The number of aromatic nitrogens is 3. The Kier molecular flexibility index (Phi) is 4.23. The zero-order valence-electron chi connectivity index (χ0n) is 12.6. The second-order valence-corrected chi connectivity index (χ2v) is 5.57. The van der Waals surface area contributed by atoms with E-state index in [1.54, 1.807) is 0 Å². The molecule has 0 amide bonds. The van der Waals surface area contributed by atoms with Crippen LogP contribution in [-0.2, 0) is 5.41 Å². The molecule has 0 saturated heterocycles. The van der Waals surface area contributed by atoms with Crippen LogP contribution in [0.3, 0.4) is 0 Å². The Labute approximate surface area is 123 Å². The van der Waals surface area contributed by atoms with Crippen LogP contribution < -0.4 is 21.3 Å². The van der Waals surface area contributed by atoms with Gasteiger partial charge in [-0.1, -0.05) is 32.9 Å². The average molecular weight is 288 g/mol. The van der Waals surface area contributed by atoms with Gasteiger partial charge in [-0.15, -0.1) is 0 Å². The maximum atomic E-state index is 5.32. The second-order valence-electron chi connectivity index (χ2n) is 5.57. The molecule has 112 valence electrons. The maximum Gasteiger partial charge on any atom is 0.322 e. The molecule has 7 heteroatoms. The first-order valence-corrected chi connectivity index (χ1v) is 6.56. The van der Waals surface area contributed by atoms with Gasteiger partial charge in [0.1, 0.15) is 0 Å². The molecule has 0 aliphatic carbocycles. The molecular weight excluding hydrogens is 268 g/mol. The Bertz CT molecular complexity index is 584. The van der Waals surface area contributed by atoms with Crippen LogP contribution in [0.2, 0.25) is 0 Å². The molecule has 0 saturated carbocycles. The summed E-state index contributed by atoms with van der Waals surface area (Å²) in [6.45, 7) is 6.52. The predicted octanol–water partition coefficient (Wildman–Crippen LogP) is 2.21. The van der Waals surface area contributed by atoms with Gasteiger partial charge in [0.2, 0.25) is 11.9 Å². The third kappa shape index (κ3) is 3.79. The normalized spacial score (nSPS) is 11.1. The molecule has 7 nitrogen and oxygen atoms in total. The fraction of sp³-hybridized carbons (Fsp3) is 0.357. The van der Waals surface area contributed by atoms with Crippen LogP contribution in [0.15, 0.2) is 24.3 Å². The van der Waals surface area contributed by atoms with Gasteiger partial charge in [-0.2, -0.15) is 15.0 Å². The number of benzene rings is 1. The van der Waals surface area contributed by atoms with Crippen molar-refractivity contribution in [1.29, 1.82) is 0 Å². The molecule has 1 heterocycles. The average Bonchev–Trinajstić information content (AvgIpc) is 2.46. The molecule has 0 fully saturated rings. The zero-order valence-corrected chi connectivity index (χ0v) is 12.6. The minimum Gasteiger partial charge on any atom is -0.467 e. The van der Waals surface area contributed by atoms with Gasteiger partial charge in [-0.3, -0.25) is 5.43 Å². The Morgan fingerprint density at radius 2 is 1.62 bits per heavy atom. The van der Waals surface area contributed by atoms with E-state index in [4.69, 9.17) is 10.6 Å². The highest BCUT2D eigenvalue weighted by Gasteiger charge is 2.13. The Morgan fingerprint density at radius 1 is 1.00 bits per heavy atom. The maximum absolute atomic E-state index is 5.32. The van der Waals surface area contributed by atoms with Gasteiger partial charge in [0.05, 0.1) is 7.11 Å². The van der Waals surface area contributed by atoms with Crippen LogP contribution in [0, 0.1) is 0 Å². The molecule has 0 bridgehead atoms. The van der Waals surface area contributed by atoms with Crippen molar-refractivity contribution in [2.75, 3.05) is 17.9 Å². The van der Waals surface area contributed by atoms with Gasteiger partial charge >= 0.3 is 6.01 Å². The number of hydrazine groups is 1. The van der Waals surface area contributed by atoms with Crippen molar-refractivity contribution in [3.05, 3.63) is 29.8 Å². The van der Waals surface area contributed by atoms with Crippen LogP contribution in [0.5, 0.6) is 6.01 Å². The summed E-state index contributed by atoms with van der Waals surface area (Å²) in [5.41, 5.74) is 4.62. The number of nitrogens with zero attached hydrogens (tertiary/aromatic N) is 3. The molecule has 0 aliphatic heterocycles. The van der Waals surface area contributed by atoms with Crippen molar-refractivity contribution >= 4 is 17.6 Å². The molecule has 1 aromatic carbocycles. The van der Waals surface area contributed by atoms with Gasteiger partial charge in [0, 0.05) is 5.69 Å². The van der Waals surface area contributed by atoms with Gasteiger partial charge in [0.25, 0.3) is 0 Å². The number of hydrogen-bond donors (Lipinski definition) is 3. The first-order valence-electron chi connectivity index (χ1n) is 6.56. The van der Waals surface area contributed by atoms with Crippen molar-refractivity contribution in [2.45, 2.75) is 26.2 Å². The molecule has 0 unspecified atom stereocenters. The van der Waals surface area contributed by atoms with Crippen molar-refractivity contribution in [1.82, 2.24) is 15.0 Å². The Balaban J connectivity index is 2.22. The number of nitrogens with one attached hydrogen (secondary N) is 2. The topological polar surface area (TPSA) is 98.0 Å². The lowest BCUT2D eigenvalue weighted by atomic mass is 9.87. The molecule has 21 heavy (non-hydrogen) atoms. The molecule has 1 aromatic heterocycles. The number of hydrogen-bond acceptors (Lipinski definition) is 7. The number of methoxy groups -OCH3 is 1. The highest BCUT2D eigenvalue weighted by molar-refractivity contribution is 5.55. The summed E-state index contributed by atoms with van der Waals surface area (Å²) in [5.74, 6) is 5.91. The molecule has 2 aromatic rings. The zero-order chi connectivity index (χ0) is 15.5. The van der Waals surface area contributed by atoms with Crippen molar-refractivity contribution in [3.63, 3.8) is 0 Å². The highest BCUT2D eigenvalue weighted by atomic mass is 16.5. The number of anilines is 3. The molecule has 0 radical (unpaired) electrons. The Morgan fingerprint density at radius 3 is 2.14 bits per heavy atom. The first-order chi connectivity index (χ1) is 9.92. The molecule has 0 spiro atoms. The number of rotatable bonds is 4. The lowest BCUT2D eigenvalue weighted by Gasteiger charge is -2.19. The van der Waals surface area contributed by atoms with E-state index in [1.807, 2.05) is 12.1 Å². The molecule has 2 rings (SSSR count). The van der Waals surface area contributed by atoms with Gasteiger partial charge < -0.3 is 10.1 Å². The quantitative estimate of drug-likeness (QED) is 0.586. The van der Waals surface area contributed by atoms with E-state index in [-0.39, 0.29) is 17.4 Å².